The maximum absolute atomic E-state index is 9.20. The van der Waals surface area contributed by atoms with Crippen molar-refractivity contribution >= 4 is 17.5 Å². The first-order valence-electron chi connectivity index (χ1n) is 8.65. The summed E-state index contributed by atoms with van der Waals surface area (Å²) in [5.74, 6) is 0.798. The Bertz CT molecular complexity index is 1140. The van der Waals surface area contributed by atoms with Crippen molar-refractivity contribution < 1.29 is 4.42 Å². The lowest BCUT2D eigenvalue weighted by molar-refractivity contribution is 0.532. The Labute approximate surface area is 167 Å². The zero-order valence-corrected chi connectivity index (χ0v) is 15.8. The number of hydrogen-bond donors (Lipinski definition) is 1. The molecule has 0 aliphatic heterocycles. The molecule has 0 amide bonds. The highest BCUT2D eigenvalue weighted by atomic mass is 35.5. The molecule has 4 aromatic rings. The predicted molar refractivity (Wildman–Crippen MR) is 107 cm³/mol. The van der Waals surface area contributed by atoms with Crippen LogP contribution in [0.4, 0.5) is 5.88 Å². The number of nitrogens with one attached hydrogen (secondary N) is 1. The van der Waals surface area contributed by atoms with Gasteiger partial charge in [-0.05, 0) is 24.3 Å². The first-order valence-corrected chi connectivity index (χ1v) is 9.03. The van der Waals surface area contributed by atoms with E-state index in [9.17, 15) is 5.26 Å². The van der Waals surface area contributed by atoms with E-state index in [1.165, 1.54) is 0 Å². The van der Waals surface area contributed by atoms with E-state index in [-0.39, 0.29) is 5.69 Å². The van der Waals surface area contributed by atoms with E-state index < -0.39 is 0 Å². The van der Waals surface area contributed by atoms with Gasteiger partial charge in [0.1, 0.15) is 6.07 Å². The van der Waals surface area contributed by atoms with Crippen LogP contribution in [-0.2, 0) is 6.54 Å². The summed E-state index contributed by atoms with van der Waals surface area (Å²) >= 11 is 6.03. The molecule has 0 aliphatic rings. The molecule has 28 heavy (non-hydrogen) atoms. The molecule has 0 spiro atoms. The third-order valence-corrected chi connectivity index (χ3v) is 4.46. The van der Waals surface area contributed by atoms with Crippen LogP contribution in [0.2, 0.25) is 5.02 Å². The van der Waals surface area contributed by atoms with Gasteiger partial charge in [0, 0.05) is 35.8 Å². The summed E-state index contributed by atoms with van der Waals surface area (Å²) in [4.78, 5) is 4.06. The molecule has 0 saturated heterocycles. The molecule has 0 aliphatic carbocycles. The van der Waals surface area contributed by atoms with Gasteiger partial charge < -0.3 is 9.73 Å². The number of benzene rings is 2. The lowest BCUT2D eigenvalue weighted by Gasteiger charge is -2.04. The number of halogens is 1. The highest BCUT2D eigenvalue weighted by molar-refractivity contribution is 6.30. The Hall–Kier alpha value is -3.56. The molecule has 1 N–H and O–H groups in total. The number of anilines is 1. The number of aryl methyl sites for hydroxylation is 1. The lowest BCUT2D eigenvalue weighted by atomic mass is 10.1. The third kappa shape index (κ3) is 3.61. The van der Waals surface area contributed by atoms with Gasteiger partial charge in [0.15, 0.2) is 5.89 Å². The fourth-order valence-corrected chi connectivity index (χ4v) is 3.03. The summed E-state index contributed by atoms with van der Waals surface area (Å²) < 4.78 is 7.32. The van der Waals surface area contributed by atoms with Crippen molar-refractivity contribution in [1.82, 2.24) is 14.8 Å². The van der Waals surface area contributed by atoms with E-state index in [4.69, 9.17) is 21.1 Å². The van der Waals surface area contributed by atoms with Crippen molar-refractivity contribution in [2.24, 2.45) is 0 Å². The first-order chi connectivity index (χ1) is 13.6. The average Bonchev–Trinajstić information content (AvgIpc) is 3.30. The number of nitrogens with zero attached hydrogens (tertiary/aromatic N) is 4. The standard InChI is InChI=1S/C21H16ClN5O/c1-14-25-19(11-23)21(28-14)24-12-16-13-27(18-5-3-2-4-6-18)26-20(16)15-7-9-17(22)10-8-15/h2-10,13,24H,12H2,1H3. The van der Waals surface area contributed by atoms with Gasteiger partial charge in [0.25, 0.3) is 0 Å². The highest BCUT2D eigenvalue weighted by Crippen LogP contribution is 2.26. The van der Waals surface area contributed by atoms with Crippen LogP contribution in [0.25, 0.3) is 16.9 Å². The molecule has 2 aromatic carbocycles. The lowest BCUT2D eigenvalue weighted by Crippen LogP contribution is -2.00. The number of nitriles is 1. The van der Waals surface area contributed by atoms with Crippen LogP contribution in [0, 0.1) is 18.3 Å². The van der Waals surface area contributed by atoms with Crippen molar-refractivity contribution in [2.75, 3.05) is 5.32 Å². The van der Waals surface area contributed by atoms with Crippen LogP contribution < -0.4 is 5.32 Å². The number of aromatic nitrogens is 3. The molecule has 2 aromatic heterocycles. The Kier molecular flexibility index (Phi) is 4.83. The zero-order valence-electron chi connectivity index (χ0n) is 15.1. The molecule has 7 heteroatoms. The van der Waals surface area contributed by atoms with Crippen LogP contribution in [0.3, 0.4) is 0 Å². The Morgan fingerprint density at radius 1 is 1.14 bits per heavy atom. The van der Waals surface area contributed by atoms with E-state index in [0.717, 1.165) is 22.5 Å². The largest absolute Gasteiger partial charge is 0.424 e. The minimum atomic E-state index is 0.237. The van der Waals surface area contributed by atoms with Gasteiger partial charge in [0.2, 0.25) is 11.6 Å². The maximum Gasteiger partial charge on any atom is 0.232 e. The van der Waals surface area contributed by atoms with Crippen molar-refractivity contribution in [3.05, 3.63) is 83.0 Å². The number of rotatable bonds is 5. The smallest absolute Gasteiger partial charge is 0.232 e. The molecule has 6 nitrogen and oxygen atoms in total. The zero-order chi connectivity index (χ0) is 19.5. The van der Waals surface area contributed by atoms with Gasteiger partial charge in [0.05, 0.1) is 11.4 Å². The first kappa shape index (κ1) is 17.8. The van der Waals surface area contributed by atoms with E-state index in [1.807, 2.05) is 71.5 Å². The van der Waals surface area contributed by atoms with Gasteiger partial charge in [-0.15, -0.1) is 0 Å². The molecule has 138 valence electrons. The van der Waals surface area contributed by atoms with E-state index in [1.54, 1.807) is 6.92 Å². The number of oxazole rings is 1. The Balaban J connectivity index is 1.71. The molecule has 0 bridgehead atoms. The van der Waals surface area contributed by atoms with Gasteiger partial charge in [-0.1, -0.05) is 41.9 Å². The minimum absolute atomic E-state index is 0.237. The maximum atomic E-state index is 9.20. The third-order valence-electron chi connectivity index (χ3n) is 4.21. The second-order valence-electron chi connectivity index (χ2n) is 6.17. The molecule has 0 unspecified atom stereocenters. The summed E-state index contributed by atoms with van der Waals surface area (Å²) in [5, 5.41) is 17.8. The van der Waals surface area contributed by atoms with Gasteiger partial charge in [-0.2, -0.15) is 10.4 Å². The van der Waals surface area contributed by atoms with E-state index in [0.29, 0.717) is 23.3 Å². The van der Waals surface area contributed by atoms with Gasteiger partial charge in [-0.25, -0.2) is 9.67 Å². The summed E-state index contributed by atoms with van der Waals surface area (Å²) in [6.07, 6.45) is 1.96. The van der Waals surface area contributed by atoms with Gasteiger partial charge >= 0.3 is 0 Å². The summed E-state index contributed by atoms with van der Waals surface area (Å²) in [5.41, 5.74) is 3.91. The summed E-state index contributed by atoms with van der Waals surface area (Å²) in [6, 6.07) is 19.4. The quantitative estimate of drug-likeness (QED) is 0.521. The second kappa shape index (κ2) is 7.59. The molecular weight excluding hydrogens is 374 g/mol. The molecule has 0 saturated carbocycles. The molecule has 0 atom stereocenters. The summed E-state index contributed by atoms with van der Waals surface area (Å²) in [7, 11) is 0. The SMILES string of the molecule is Cc1nc(C#N)c(NCc2cn(-c3ccccc3)nc2-c2ccc(Cl)cc2)o1. The monoisotopic (exact) mass is 389 g/mol. The van der Waals surface area contributed by atoms with Crippen LogP contribution in [0.1, 0.15) is 17.1 Å². The van der Waals surface area contributed by atoms with Crippen molar-refractivity contribution in [2.45, 2.75) is 13.5 Å². The van der Waals surface area contributed by atoms with Crippen LogP contribution in [-0.4, -0.2) is 14.8 Å². The topological polar surface area (TPSA) is 79.7 Å². The van der Waals surface area contributed by atoms with E-state index in [2.05, 4.69) is 10.3 Å². The van der Waals surface area contributed by atoms with Crippen LogP contribution in [0.5, 0.6) is 0 Å². The van der Waals surface area contributed by atoms with E-state index >= 15 is 0 Å². The normalized spacial score (nSPS) is 10.6. The van der Waals surface area contributed by atoms with Crippen molar-refractivity contribution in [3.63, 3.8) is 0 Å². The molecular formula is C21H16ClN5O. The molecule has 0 fully saturated rings. The molecule has 2 heterocycles. The van der Waals surface area contributed by atoms with Crippen LogP contribution >= 0.6 is 11.6 Å². The predicted octanol–water partition coefficient (Wildman–Crippen LogP) is 4.97. The molecule has 4 rings (SSSR count). The van der Waals surface area contributed by atoms with Crippen molar-refractivity contribution in [3.8, 4) is 23.0 Å². The van der Waals surface area contributed by atoms with Crippen molar-refractivity contribution in [1.29, 1.82) is 5.26 Å². The minimum Gasteiger partial charge on any atom is -0.424 e. The molecule has 0 radical (unpaired) electrons. The number of hydrogen-bond acceptors (Lipinski definition) is 5. The Morgan fingerprint density at radius 3 is 2.61 bits per heavy atom. The highest BCUT2D eigenvalue weighted by Gasteiger charge is 2.15. The Morgan fingerprint density at radius 2 is 1.89 bits per heavy atom. The number of para-hydroxylation sites is 1. The fraction of sp³-hybridized carbons (Fsp3) is 0.0952. The van der Waals surface area contributed by atoms with Crippen LogP contribution in [0.15, 0.2) is 65.2 Å². The van der Waals surface area contributed by atoms with Gasteiger partial charge in [-0.3, -0.25) is 0 Å². The fourth-order valence-electron chi connectivity index (χ4n) is 2.90. The second-order valence-corrected chi connectivity index (χ2v) is 6.60. The average molecular weight is 390 g/mol. The summed E-state index contributed by atoms with van der Waals surface area (Å²) in [6.45, 7) is 2.13.